The van der Waals surface area contributed by atoms with Crippen molar-refractivity contribution in [1.82, 2.24) is 10.2 Å². The van der Waals surface area contributed by atoms with Crippen LogP contribution in [0.3, 0.4) is 0 Å². The van der Waals surface area contributed by atoms with E-state index in [1.807, 2.05) is 0 Å². The van der Waals surface area contributed by atoms with E-state index in [1.165, 1.54) is 13.0 Å². The maximum Gasteiger partial charge on any atom is 0.325 e. The molecule has 1 heterocycles. The minimum Gasteiger partial charge on any atom is -0.319 e. The van der Waals surface area contributed by atoms with Crippen molar-refractivity contribution in [3.05, 3.63) is 47.0 Å². The van der Waals surface area contributed by atoms with Gasteiger partial charge < -0.3 is 5.32 Å². The van der Waals surface area contributed by atoms with Gasteiger partial charge in [-0.25, -0.2) is 13.6 Å². The molecule has 7 heteroatoms. The second kappa shape index (κ2) is 4.86. The third-order valence-electron chi connectivity index (χ3n) is 3.10. The quantitative estimate of drug-likeness (QED) is 0.872. The van der Waals surface area contributed by atoms with Crippen molar-refractivity contribution in [2.75, 3.05) is 6.54 Å². The Kier molecular flexibility index (Phi) is 3.52. The summed E-state index contributed by atoms with van der Waals surface area (Å²) in [4.78, 5) is 25.0. The van der Waals surface area contributed by atoms with Crippen LogP contribution in [-0.2, 0) is 10.3 Å². The van der Waals surface area contributed by atoms with E-state index in [0.29, 0.717) is 0 Å². The first-order valence-electron chi connectivity index (χ1n) is 5.68. The molecule has 3 amide bonds. The summed E-state index contributed by atoms with van der Waals surface area (Å²) in [7, 11) is 0. The van der Waals surface area contributed by atoms with E-state index in [2.05, 4.69) is 11.9 Å². The molecule has 1 aliphatic rings. The van der Waals surface area contributed by atoms with Crippen LogP contribution in [0.4, 0.5) is 13.6 Å². The summed E-state index contributed by atoms with van der Waals surface area (Å²) >= 11 is 5.60. The number of benzene rings is 1. The SMILES string of the molecule is C=C(Cl)CN1C(=O)N[C@](C)(c2ccc(F)c(F)c2)C1=O. The topological polar surface area (TPSA) is 49.4 Å². The van der Waals surface area contributed by atoms with Crippen molar-refractivity contribution >= 4 is 23.5 Å². The van der Waals surface area contributed by atoms with E-state index in [0.717, 1.165) is 17.0 Å². The highest BCUT2D eigenvalue weighted by molar-refractivity contribution is 6.30. The van der Waals surface area contributed by atoms with Gasteiger partial charge in [-0.15, -0.1) is 0 Å². The van der Waals surface area contributed by atoms with Crippen molar-refractivity contribution in [1.29, 1.82) is 0 Å². The number of nitrogens with zero attached hydrogens (tertiary/aromatic N) is 1. The highest BCUT2D eigenvalue weighted by Gasteiger charge is 2.49. The number of halogens is 3. The molecule has 1 aliphatic heterocycles. The van der Waals surface area contributed by atoms with Crippen LogP contribution in [0.1, 0.15) is 12.5 Å². The van der Waals surface area contributed by atoms with Crippen molar-refractivity contribution < 1.29 is 18.4 Å². The molecule has 1 aromatic rings. The Balaban J connectivity index is 2.40. The molecule has 1 saturated heterocycles. The third-order valence-corrected chi connectivity index (χ3v) is 3.22. The van der Waals surface area contributed by atoms with E-state index < -0.39 is 29.1 Å². The molecule has 1 aromatic carbocycles. The summed E-state index contributed by atoms with van der Waals surface area (Å²) < 4.78 is 26.2. The summed E-state index contributed by atoms with van der Waals surface area (Å²) in [6, 6.07) is 2.37. The van der Waals surface area contributed by atoms with E-state index >= 15 is 0 Å². The molecular formula is C13H11ClF2N2O2. The second-order valence-corrected chi connectivity index (χ2v) is 5.13. The van der Waals surface area contributed by atoms with Gasteiger partial charge in [0.25, 0.3) is 5.91 Å². The first-order chi connectivity index (χ1) is 9.25. The number of amides is 3. The van der Waals surface area contributed by atoms with Crippen LogP contribution in [0, 0.1) is 11.6 Å². The maximum absolute atomic E-state index is 13.3. The largest absolute Gasteiger partial charge is 0.325 e. The summed E-state index contributed by atoms with van der Waals surface area (Å²) in [5.74, 6) is -2.72. The zero-order valence-electron chi connectivity index (χ0n) is 10.5. The van der Waals surface area contributed by atoms with Crippen LogP contribution in [0.5, 0.6) is 0 Å². The maximum atomic E-state index is 13.3. The van der Waals surface area contributed by atoms with E-state index in [-0.39, 0.29) is 17.1 Å². The Labute approximate surface area is 119 Å². The van der Waals surface area contributed by atoms with Crippen molar-refractivity contribution in [2.45, 2.75) is 12.5 Å². The number of rotatable bonds is 3. The fourth-order valence-corrected chi connectivity index (χ4v) is 2.13. The number of hydrogen-bond donors (Lipinski definition) is 1. The lowest BCUT2D eigenvalue weighted by atomic mass is 9.92. The Hall–Kier alpha value is -1.95. The number of carbonyl (C=O) groups is 2. The standard InChI is InChI=1S/C13H11ClF2N2O2/c1-7(14)6-18-11(19)13(2,17-12(18)20)8-3-4-9(15)10(16)5-8/h3-5H,1,6H2,2H3,(H,17,20)/t13-/m1/s1. The molecule has 0 bridgehead atoms. The normalized spacial score (nSPS) is 22.1. The predicted octanol–water partition coefficient (Wildman–Crippen LogP) is 2.48. The average molecular weight is 301 g/mol. The molecule has 0 spiro atoms. The molecule has 0 unspecified atom stereocenters. The first kappa shape index (κ1) is 14.5. The number of carbonyl (C=O) groups excluding carboxylic acids is 2. The zero-order valence-corrected chi connectivity index (χ0v) is 11.3. The molecule has 1 fully saturated rings. The van der Waals surface area contributed by atoms with Gasteiger partial charge in [0.15, 0.2) is 11.6 Å². The summed E-state index contributed by atoms with van der Waals surface area (Å²) in [6.07, 6.45) is 0. The molecule has 1 atom stereocenters. The van der Waals surface area contributed by atoms with Gasteiger partial charge in [0.2, 0.25) is 0 Å². The lowest BCUT2D eigenvalue weighted by Gasteiger charge is -2.22. The molecule has 4 nitrogen and oxygen atoms in total. The van der Waals surface area contributed by atoms with Crippen LogP contribution in [0.15, 0.2) is 29.8 Å². The fraction of sp³-hybridized carbons (Fsp3) is 0.231. The van der Waals surface area contributed by atoms with Crippen LogP contribution in [-0.4, -0.2) is 23.4 Å². The van der Waals surface area contributed by atoms with Gasteiger partial charge in [0.05, 0.1) is 6.54 Å². The molecule has 0 aromatic heterocycles. The van der Waals surface area contributed by atoms with Crippen molar-refractivity contribution in [3.63, 3.8) is 0 Å². The monoisotopic (exact) mass is 300 g/mol. The Morgan fingerprint density at radius 1 is 1.40 bits per heavy atom. The predicted molar refractivity (Wildman–Crippen MR) is 68.9 cm³/mol. The van der Waals surface area contributed by atoms with Gasteiger partial charge in [0.1, 0.15) is 5.54 Å². The minimum atomic E-state index is -1.46. The van der Waals surface area contributed by atoms with Gasteiger partial charge >= 0.3 is 6.03 Å². The summed E-state index contributed by atoms with van der Waals surface area (Å²) in [6.45, 7) is 4.68. The smallest absolute Gasteiger partial charge is 0.319 e. The van der Waals surface area contributed by atoms with Gasteiger partial charge in [-0.2, -0.15) is 0 Å². The lowest BCUT2D eigenvalue weighted by Crippen LogP contribution is -2.41. The first-order valence-corrected chi connectivity index (χ1v) is 6.06. The van der Waals surface area contributed by atoms with Crippen molar-refractivity contribution in [3.8, 4) is 0 Å². The van der Waals surface area contributed by atoms with E-state index in [1.54, 1.807) is 0 Å². The number of imide groups is 1. The molecule has 2 rings (SSSR count). The van der Waals surface area contributed by atoms with Gasteiger partial charge in [-0.1, -0.05) is 24.2 Å². The minimum absolute atomic E-state index is 0.114. The lowest BCUT2D eigenvalue weighted by molar-refractivity contribution is -0.130. The van der Waals surface area contributed by atoms with Gasteiger partial charge in [0, 0.05) is 5.03 Å². The Morgan fingerprint density at radius 3 is 2.60 bits per heavy atom. The summed E-state index contributed by atoms with van der Waals surface area (Å²) in [5.41, 5.74) is -1.31. The Bertz CT molecular complexity index is 620. The molecule has 1 N–H and O–H groups in total. The Morgan fingerprint density at radius 2 is 2.05 bits per heavy atom. The van der Waals surface area contributed by atoms with E-state index in [9.17, 15) is 18.4 Å². The van der Waals surface area contributed by atoms with Crippen LogP contribution >= 0.6 is 11.6 Å². The van der Waals surface area contributed by atoms with Crippen LogP contribution in [0.25, 0.3) is 0 Å². The number of nitrogens with one attached hydrogen (secondary N) is 1. The number of hydrogen-bond acceptors (Lipinski definition) is 2. The van der Waals surface area contributed by atoms with E-state index in [4.69, 9.17) is 11.6 Å². The summed E-state index contributed by atoms with van der Waals surface area (Å²) in [5, 5.41) is 2.56. The number of urea groups is 1. The second-order valence-electron chi connectivity index (χ2n) is 4.59. The van der Waals surface area contributed by atoms with Crippen molar-refractivity contribution in [2.24, 2.45) is 0 Å². The third kappa shape index (κ3) is 2.27. The highest BCUT2D eigenvalue weighted by Crippen LogP contribution is 2.30. The highest BCUT2D eigenvalue weighted by atomic mass is 35.5. The average Bonchev–Trinajstić information content (AvgIpc) is 2.57. The molecule has 0 aliphatic carbocycles. The molecule has 106 valence electrons. The van der Waals surface area contributed by atoms with Crippen LogP contribution < -0.4 is 5.32 Å². The molecule has 0 radical (unpaired) electrons. The van der Waals surface area contributed by atoms with Gasteiger partial charge in [-0.3, -0.25) is 9.69 Å². The van der Waals surface area contributed by atoms with Crippen LogP contribution in [0.2, 0.25) is 0 Å². The zero-order chi connectivity index (χ0) is 15.1. The fourth-order valence-electron chi connectivity index (χ4n) is 2.01. The molecular weight excluding hydrogens is 290 g/mol. The molecule has 20 heavy (non-hydrogen) atoms. The molecule has 0 saturated carbocycles. The van der Waals surface area contributed by atoms with Gasteiger partial charge in [-0.05, 0) is 24.6 Å².